The van der Waals surface area contributed by atoms with E-state index in [1.54, 1.807) is 0 Å². The molecule has 0 radical (unpaired) electrons. The maximum atomic E-state index is 9.66. The molecule has 1 saturated heterocycles. The van der Waals surface area contributed by atoms with E-state index >= 15 is 0 Å². The van der Waals surface area contributed by atoms with E-state index in [1.807, 2.05) is 6.92 Å². The highest BCUT2D eigenvalue weighted by Crippen LogP contribution is 2.09. The highest BCUT2D eigenvalue weighted by Gasteiger charge is 2.13. The van der Waals surface area contributed by atoms with Crippen LogP contribution in [0.4, 0.5) is 0 Å². The van der Waals surface area contributed by atoms with E-state index in [0.717, 1.165) is 19.6 Å². The van der Waals surface area contributed by atoms with Gasteiger partial charge in [-0.3, -0.25) is 0 Å². The van der Waals surface area contributed by atoms with Gasteiger partial charge >= 0.3 is 0 Å². The lowest BCUT2D eigenvalue weighted by molar-refractivity contribution is 0.0217. The van der Waals surface area contributed by atoms with Gasteiger partial charge < -0.3 is 14.7 Å². The maximum absolute atomic E-state index is 9.66. The monoisotopic (exact) mass is 201 g/mol. The van der Waals surface area contributed by atoms with Gasteiger partial charge in [0, 0.05) is 13.2 Å². The van der Waals surface area contributed by atoms with Gasteiger partial charge in [-0.2, -0.15) is 0 Å². The molecule has 0 amide bonds. The fourth-order valence-corrected chi connectivity index (χ4v) is 1.92. The number of ether oxygens (including phenoxy) is 1. The standard InChI is InChI=1S/C11H23NO2/c1-2-14-10-11(13)9-12-7-5-3-4-6-8-12/h11,13H,2-10H2,1H3. The molecule has 0 aromatic carbocycles. The molecular formula is C11H23NO2. The predicted octanol–water partition coefficient (Wildman–Crippen LogP) is 1.26. The molecule has 1 N–H and O–H groups in total. The summed E-state index contributed by atoms with van der Waals surface area (Å²) in [5.74, 6) is 0. The molecule has 1 fully saturated rings. The molecule has 1 aliphatic heterocycles. The molecule has 3 nitrogen and oxygen atoms in total. The molecule has 1 heterocycles. The van der Waals surface area contributed by atoms with Crippen molar-refractivity contribution in [1.82, 2.24) is 4.90 Å². The summed E-state index contributed by atoms with van der Waals surface area (Å²) in [5.41, 5.74) is 0. The quantitative estimate of drug-likeness (QED) is 0.727. The van der Waals surface area contributed by atoms with Crippen LogP contribution in [0.5, 0.6) is 0 Å². The molecule has 1 atom stereocenters. The van der Waals surface area contributed by atoms with Gasteiger partial charge in [-0.15, -0.1) is 0 Å². The molecular weight excluding hydrogens is 178 g/mol. The fourth-order valence-electron chi connectivity index (χ4n) is 1.92. The molecule has 0 aromatic heterocycles. The molecule has 0 saturated carbocycles. The minimum Gasteiger partial charge on any atom is -0.389 e. The van der Waals surface area contributed by atoms with E-state index < -0.39 is 0 Å². The number of likely N-dealkylation sites (tertiary alicyclic amines) is 1. The van der Waals surface area contributed by atoms with Crippen molar-refractivity contribution in [2.45, 2.75) is 38.7 Å². The van der Waals surface area contributed by atoms with Crippen molar-refractivity contribution >= 4 is 0 Å². The number of β-amino-alcohol motifs (C(OH)–C–C–N with tert-alkyl or cyclic N) is 1. The van der Waals surface area contributed by atoms with Crippen LogP contribution >= 0.6 is 0 Å². The number of rotatable bonds is 5. The van der Waals surface area contributed by atoms with Crippen molar-refractivity contribution in [3.8, 4) is 0 Å². The molecule has 84 valence electrons. The highest BCUT2D eigenvalue weighted by atomic mass is 16.5. The first kappa shape index (κ1) is 12.0. The molecule has 1 unspecified atom stereocenters. The summed E-state index contributed by atoms with van der Waals surface area (Å²) in [4.78, 5) is 2.36. The van der Waals surface area contributed by atoms with Gasteiger partial charge in [0.15, 0.2) is 0 Å². The zero-order valence-corrected chi connectivity index (χ0v) is 9.24. The number of aliphatic hydroxyl groups is 1. The second kappa shape index (κ2) is 7.21. The van der Waals surface area contributed by atoms with Crippen molar-refractivity contribution < 1.29 is 9.84 Å². The highest BCUT2D eigenvalue weighted by molar-refractivity contribution is 4.67. The molecule has 14 heavy (non-hydrogen) atoms. The van der Waals surface area contributed by atoms with Gasteiger partial charge in [-0.05, 0) is 32.9 Å². The Labute approximate surface area is 87.1 Å². The third-order valence-electron chi connectivity index (χ3n) is 2.68. The van der Waals surface area contributed by atoms with E-state index in [-0.39, 0.29) is 6.10 Å². The largest absolute Gasteiger partial charge is 0.389 e. The third kappa shape index (κ3) is 4.94. The first-order chi connectivity index (χ1) is 6.83. The lowest BCUT2D eigenvalue weighted by Gasteiger charge is -2.22. The third-order valence-corrected chi connectivity index (χ3v) is 2.68. The SMILES string of the molecule is CCOCC(O)CN1CCCCCC1. The van der Waals surface area contributed by atoms with Gasteiger partial charge in [-0.1, -0.05) is 12.8 Å². The van der Waals surface area contributed by atoms with E-state index in [1.165, 1.54) is 25.7 Å². The molecule has 1 aliphatic rings. The average molecular weight is 201 g/mol. The van der Waals surface area contributed by atoms with E-state index in [2.05, 4.69) is 4.90 Å². The van der Waals surface area contributed by atoms with Crippen LogP contribution in [0.3, 0.4) is 0 Å². The summed E-state index contributed by atoms with van der Waals surface area (Å²) >= 11 is 0. The number of nitrogens with zero attached hydrogens (tertiary/aromatic N) is 1. The maximum Gasteiger partial charge on any atom is 0.0900 e. The molecule has 0 aliphatic carbocycles. The predicted molar refractivity (Wildman–Crippen MR) is 57.4 cm³/mol. The second-order valence-corrected chi connectivity index (χ2v) is 4.03. The summed E-state index contributed by atoms with van der Waals surface area (Å²) in [5, 5.41) is 9.66. The van der Waals surface area contributed by atoms with Crippen molar-refractivity contribution in [3.05, 3.63) is 0 Å². The Morgan fingerprint density at radius 3 is 2.43 bits per heavy atom. The topological polar surface area (TPSA) is 32.7 Å². The number of hydrogen-bond donors (Lipinski definition) is 1. The van der Waals surface area contributed by atoms with E-state index in [0.29, 0.717) is 13.2 Å². The summed E-state index contributed by atoms with van der Waals surface area (Å²) in [6.07, 6.45) is 4.94. The van der Waals surface area contributed by atoms with Gasteiger partial charge in [0.1, 0.15) is 0 Å². The van der Waals surface area contributed by atoms with Crippen molar-refractivity contribution in [3.63, 3.8) is 0 Å². The van der Waals surface area contributed by atoms with Crippen LogP contribution in [0.2, 0.25) is 0 Å². The molecule has 0 bridgehead atoms. The first-order valence-electron chi connectivity index (χ1n) is 5.81. The van der Waals surface area contributed by atoms with Gasteiger partial charge in [0.25, 0.3) is 0 Å². The van der Waals surface area contributed by atoms with Crippen LogP contribution < -0.4 is 0 Å². The Morgan fingerprint density at radius 2 is 1.86 bits per heavy atom. The Morgan fingerprint density at radius 1 is 1.21 bits per heavy atom. The Hall–Kier alpha value is -0.120. The van der Waals surface area contributed by atoms with E-state index in [4.69, 9.17) is 4.74 Å². The molecule has 1 rings (SSSR count). The first-order valence-corrected chi connectivity index (χ1v) is 5.81. The van der Waals surface area contributed by atoms with Gasteiger partial charge in [0.2, 0.25) is 0 Å². The number of hydrogen-bond acceptors (Lipinski definition) is 3. The zero-order valence-electron chi connectivity index (χ0n) is 9.24. The number of aliphatic hydroxyl groups excluding tert-OH is 1. The Bertz CT molecular complexity index is 133. The molecule has 0 aromatic rings. The smallest absolute Gasteiger partial charge is 0.0900 e. The van der Waals surface area contributed by atoms with Gasteiger partial charge in [-0.25, -0.2) is 0 Å². The van der Waals surface area contributed by atoms with Crippen LogP contribution in [0.25, 0.3) is 0 Å². The van der Waals surface area contributed by atoms with Crippen LogP contribution in [0, 0.1) is 0 Å². The van der Waals surface area contributed by atoms with Gasteiger partial charge in [0.05, 0.1) is 12.7 Å². The molecule has 0 spiro atoms. The summed E-state index contributed by atoms with van der Waals surface area (Å²) < 4.78 is 5.19. The Balaban J connectivity index is 2.13. The summed E-state index contributed by atoms with van der Waals surface area (Å²) in [6.45, 7) is 6.19. The second-order valence-electron chi connectivity index (χ2n) is 4.03. The summed E-state index contributed by atoms with van der Waals surface area (Å²) in [6, 6.07) is 0. The lowest BCUT2D eigenvalue weighted by Crippen LogP contribution is -2.35. The van der Waals surface area contributed by atoms with E-state index in [9.17, 15) is 5.11 Å². The van der Waals surface area contributed by atoms with Crippen LogP contribution in [0.1, 0.15) is 32.6 Å². The normalized spacial score (nSPS) is 21.9. The van der Waals surface area contributed by atoms with Crippen LogP contribution in [-0.2, 0) is 4.74 Å². The average Bonchev–Trinajstić information content (AvgIpc) is 2.43. The lowest BCUT2D eigenvalue weighted by atomic mass is 10.2. The van der Waals surface area contributed by atoms with Crippen LogP contribution in [-0.4, -0.2) is 49.0 Å². The van der Waals surface area contributed by atoms with Crippen molar-refractivity contribution in [1.29, 1.82) is 0 Å². The van der Waals surface area contributed by atoms with Crippen molar-refractivity contribution in [2.75, 3.05) is 32.8 Å². The molecule has 3 heteroatoms. The summed E-state index contributed by atoms with van der Waals surface area (Å²) in [7, 11) is 0. The van der Waals surface area contributed by atoms with Crippen molar-refractivity contribution in [2.24, 2.45) is 0 Å². The van der Waals surface area contributed by atoms with Crippen LogP contribution in [0.15, 0.2) is 0 Å². The Kier molecular flexibility index (Phi) is 6.15. The minimum absolute atomic E-state index is 0.312. The minimum atomic E-state index is -0.312. The zero-order chi connectivity index (χ0) is 10.2. The fraction of sp³-hybridized carbons (Fsp3) is 1.00.